The van der Waals surface area contributed by atoms with Gasteiger partial charge in [-0.25, -0.2) is 15.0 Å². The number of aromatic nitrogens is 5. The lowest BCUT2D eigenvalue weighted by Gasteiger charge is -2.13. The molecule has 1 N–H and O–H groups in total. The molecule has 7 nitrogen and oxygen atoms in total. The van der Waals surface area contributed by atoms with E-state index in [4.69, 9.17) is 4.98 Å². The molecule has 0 aliphatic rings. The van der Waals surface area contributed by atoms with E-state index in [0.717, 1.165) is 33.2 Å². The number of rotatable bonds is 3. The van der Waals surface area contributed by atoms with Crippen LogP contribution >= 0.6 is 0 Å². The molecule has 0 fully saturated rings. The first-order valence-corrected chi connectivity index (χ1v) is 9.49. The normalized spacial score (nSPS) is 11.0. The van der Waals surface area contributed by atoms with Crippen molar-refractivity contribution in [3.63, 3.8) is 0 Å². The molecule has 0 unspecified atom stereocenters. The summed E-state index contributed by atoms with van der Waals surface area (Å²) in [5.41, 5.74) is 4.67. The van der Waals surface area contributed by atoms with Crippen LogP contribution in [0.15, 0.2) is 60.8 Å². The molecule has 0 saturated carbocycles. The third kappa shape index (κ3) is 2.91. The van der Waals surface area contributed by atoms with E-state index in [9.17, 15) is 5.26 Å². The number of nitrogens with one attached hydrogen (secondary N) is 1. The van der Waals surface area contributed by atoms with E-state index in [1.807, 2.05) is 68.4 Å². The Morgan fingerprint density at radius 2 is 1.60 bits per heavy atom. The molecule has 0 amide bonds. The number of anilines is 2. The number of pyridine rings is 1. The van der Waals surface area contributed by atoms with Gasteiger partial charge in [-0.15, -0.1) is 0 Å². The van der Waals surface area contributed by atoms with Crippen LogP contribution in [0, 0.1) is 25.2 Å². The molecule has 0 aliphatic carbocycles. The van der Waals surface area contributed by atoms with Crippen molar-refractivity contribution >= 4 is 33.6 Å². The number of nitriles is 1. The van der Waals surface area contributed by atoms with Gasteiger partial charge in [-0.1, -0.05) is 30.3 Å². The monoisotopic (exact) mass is 391 g/mol. The average molecular weight is 391 g/mol. The van der Waals surface area contributed by atoms with E-state index < -0.39 is 0 Å². The van der Waals surface area contributed by atoms with Gasteiger partial charge >= 0.3 is 0 Å². The summed E-state index contributed by atoms with van der Waals surface area (Å²) >= 11 is 0. The number of hydrogen-bond acceptors (Lipinski definition) is 6. The van der Waals surface area contributed by atoms with Crippen LogP contribution in [-0.2, 0) is 0 Å². The minimum Gasteiger partial charge on any atom is -0.322 e. The van der Waals surface area contributed by atoms with Crippen molar-refractivity contribution < 1.29 is 0 Å². The highest BCUT2D eigenvalue weighted by atomic mass is 15.4. The Hall–Kier alpha value is -4.31. The summed E-state index contributed by atoms with van der Waals surface area (Å²) in [6, 6.07) is 19.8. The Kier molecular flexibility index (Phi) is 4.11. The summed E-state index contributed by atoms with van der Waals surface area (Å²) in [6.07, 6.45) is 1.53. The van der Waals surface area contributed by atoms with E-state index in [0.29, 0.717) is 23.0 Å². The van der Waals surface area contributed by atoms with Crippen molar-refractivity contribution in [3.05, 3.63) is 77.6 Å². The number of benzene rings is 2. The van der Waals surface area contributed by atoms with Crippen molar-refractivity contribution in [1.29, 1.82) is 5.26 Å². The Morgan fingerprint density at radius 1 is 0.900 bits per heavy atom. The fraction of sp³-hybridized carbons (Fsp3) is 0.0870. The van der Waals surface area contributed by atoms with Crippen molar-refractivity contribution in [2.24, 2.45) is 0 Å². The van der Waals surface area contributed by atoms with Crippen molar-refractivity contribution in [3.8, 4) is 11.9 Å². The van der Waals surface area contributed by atoms with Crippen LogP contribution in [0.5, 0.6) is 0 Å². The summed E-state index contributed by atoms with van der Waals surface area (Å²) in [5, 5.41) is 18.4. The molecule has 7 heteroatoms. The molecule has 3 heterocycles. The molecule has 0 atom stereocenters. The number of nitrogens with zero attached hydrogens (tertiary/aromatic N) is 6. The molecule has 0 bridgehead atoms. The molecule has 0 aliphatic heterocycles. The van der Waals surface area contributed by atoms with Gasteiger partial charge < -0.3 is 5.32 Å². The lowest BCUT2D eigenvalue weighted by molar-refractivity contribution is 0.857. The first kappa shape index (κ1) is 17.8. The Balaban J connectivity index is 1.65. The summed E-state index contributed by atoms with van der Waals surface area (Å²) in [6.45, 7) is 3.92. The quantitative estimate of drug-likeness (QED) is 0.483. The Labute approximate surface area is 172 Å². The minimum atomic E-state index is 0.400. The van der Waals surface area contributed by atoms with Crippen LogP contribution in [0.2, 0.25) is 0 Å². The van der Waals surface area contributed by atoms with E-state index in [2.05, 4.69) is 26.5 Å². The van der Waals surface area contributed by atoms with Gasteiger partial charge in [-0.3, -0.25) is 0 Å². The highest BCUT2D eigenvalue weighted by Gasteiger charge is 2.17. The number of aryl methyl sites for hydroxylation is 2. The van der Waals surface area contributed by atoms with Crippen molar-refractivity contribution in [2.75, 3.05) is 5.32 Å². The standard InChI is InChI=1S/C23H17N7/c1-14-11-21(27-18-8-4-3-7-17(14)18)30-23(16(12-24)13-25-30)29-22-15(2)26-19-9-5-6-10-20(19)28-22/h3-11,13H,1-2H3,(H,28,29). The Morgan fingerprint density at radius 3 is 2.37 bits per heavy atom. The lowest BCUT2D eigenvalue weighted by Crippen LogP contribution is -2.08. The molecule has 144 valence electrons. The van der Waals surface area contributed by atoms with Gasteiger partial charge in [0.25, 0.3) is 0 Å². The van der Waals surface area contributed by atoms with Crippen LogP contribution in [0.1, 0.15) is 16.8 Å². The second-order valence-corrected chi connectivity index (χ2v) is 7.02. The molecule has 5 rings (SSSR count). The summed E-state index contributed by atoms with van der Waals surface area (Å²) in [5.74, 6) is 1.71. The predicted molar refractivity (Wildman–Crippen MR) is 116 cm³/mol. The van der Waals surface area contributed by atoms with E-state index >= 15 is 0 Å². The third-order valence-electron chi connectivity index (χ3n) is 5.00. The molecule has 2 aromatic carbocycles. The Bertz CT molecular complexity index is 1460. The highest BCUT2D eigenvalue weighted by Crippen LogP contribution is 2.27. The van der Waals surface area contributed by atoms with Gasteiger partial charge in [0.05, 0.1) is 28.4 Å². The lowest BCUT2D eigenvalue weighted by atomic mass is 10.1. The number of hydrogen-bond donors (Lipinski definition) is 1. The summed E-state index contributed by atoms with van der Waals surface area (Å²) < 4.78 is 1.63. The maximum absolute atomic E-state index is 9.62. The van der Waals surface area contributed by atoms with Gasteiger partial charge in [-0.2, -0.15) is 15.0 Å². The zero-order chi connectivity index (χ0) is 20.7. The fourth-order valence-corrected chi connectivity index (χ4v) is 3.48. The smallest absolute Gasteiger partial charge is 0.156 e. The van der Waals surface area contributed by atoms with Crippen LogP contribution < -0.4 is 5.32 Å². The zero-order valence-electron chi connectivity index (χ0n) is 16.5. The molecule has 0 radical (unpaired) electrons. The van der Waals surface area contributed by atoms with E-state index in [-0.39, 0.29) is 0 Å². The van der Waals surface area contributed by atoms with E-state index in [1.54, 1.807) is 4.68 Å². The van der Waals surface area contributed by atoms with Crippen LogP contribution in [-0.4, -0.2) is 24.7 Å². The topological polar surface area (TPSA) is 92.3 Å². The number of fused-ring (bicyclic) bond motifs is 2. The summed E-state index contributed by atoms with van der Waals surface area (Å²) in [7, 11) is 0. The highest BCUT2D eigenvalue weighted by molar-refractivity contribution is 5.83. The fourth-order valence-electron chi connectivity index (χ4n) is 3.48. The largest absolute Gasteiger partial charge is 0.322 e. The predicted octanol–water partition coefficient (Wildman–Crippen LogP) is 4.60. The molecular weight excluding hydrogens is 374 g/mol. The average Bonchev–Trinajstić information content (AvgIpc) is 3.17. The third-order valence-corrected chi connectivity index (χ3v) is 5.00. The minimum absolute atomic E-state index is 0.400. The van der Waals surface area contributed by atoms with Gasteiger partial charge in [0.2, 0.25) is 0 Å². The molecule has 5 aromatic rings. The molecule has 3 aromatic heterocycles. The molecular formula is C23H17N7. The van der Waals surface area contributed by atoms with Crippen molar-refractivity contribution in [1.82, 2.24) is 24.7 Å². The molecule has 0 saturated heterocycles. The first-order valence-electron chi connectivity index (χ1n) is 9.49. The maximum atomic E-state index is 9.62. The second-order valence-electron chi connectivity index (χ2n) is 7.02. The number of para-hydroxylation sites is 3. The summed E-state index contributed by atoms with van der Waals surface area (Å²) in [4.78, 5) is 14.0. The van der Waals surface area contributed by atoms with Gasteiger partial charge in [-0.05, 0) is 43.7 Å². The molecule has 30 heavy (non-hydrogen) atoms. The van der Waals surface area contributed by atoms with Gasteiger partial charge in [0.1, 0.15) is 11.6 Å². The van der Waals surface area contributed by atoms with Crippen LogP contribution in [0.25, 0.3) is 27.8 Å². The van der Waals surface area contributed by atoms with Gasteiger partial charge in [0.15, 0.2) is 17.5 Å². The molecule has 0 spiro atoms. The SMILES string of the molecule is Cc1nc2ccccc2nc1Nc1c(C#N)cnn1-c1cc(C)c2ccccc2n1. The van der Waals surface area contributed by atoms with E-state index in [1.165, 1.54) is 6.20 Å². The zero-order valence-corrected chi connectivity index (χ0v) is 16.5. The van der Waals surface area contributed by atoms with Gasteiger partial charge in [0, 0.05) is 5.39 Å². The second kappa shape index (κ2) is 6.94. The van der Waals surface area contributed by atoms with Crippen molar-refractivity contribution in [2.45, 2.75) is 13.8 Å². The first-order chi connectivity index (χ1) is 14.6. The van der Waals surface area contributed by atoms with Crippen LogP contribution in [0.3, 0.4) is 0 Å². The maximum Gasteiger partial charge on any atom is 0.156 e. The van der Waals surface area contributed by atoms with Crippen LogP contribution in [0.4, 0.5) is 11.6 Å².